The summed E-state index contributed by atoms with van der Waals surface area (Å²) in [7, 11) is -6.64. The summed E-state index contributed by atoms with van der Waals surface area (Å²) in [5, 5.41) is 6.60. The molecular formula is C12H25N3O4S2. The highest BCUT2D eigenvalue weighted by Crippen LogP contribution is 2.23. The zero-order chi connectivity index (χ0) is 16.3. The first-order valence-corrected chi connectivity index (χ1v) is 10.4. The van der Waals surface area contributed by atoms with Gasteiger partial charge in [-0.1, -0.05) is 13.8 Å². The highest BCUT2D eigenvalue weighted by atomic mass is 32.2. The first-order valence-electron chi connectivity index (χ1n) is 7.07. The number of nitrogens with zero attached hydrogens (tertiary/aromatic N) is 1. The Kier molecular flexibility index (Phi) is 6.18. The fourth-order valence-electron chi connectivity index (χ4n) is 2.35. The molecule has 1 fully saturated rings. The Morgan fingerprint density at radius 1 is 1.33 bits per heavy atom. The molecule has 9 heteroatoms. The van der Waals surface area contributed by atoms with Crippen LogP contribution in [-0.2, 0) is 19.9 Å². The lowest BCUT2D eigenvalue weighted by Gasteiger charge is -2.30. The molecule has 0 aromatic rings. The smallest absolute Gasteiger partial charge is 0.217 e. The van der Waals surface area contributed by atoms with Crippen molar-refractivity contribution in [3.05, 3.63) is 0 Å². The van der Waals surface area contributed by atoms with Crippen molar-refractivity contribution in [2.45, 2.75) is 38.4 Å². The van der Waals surface area contributed by atoms with Gasteiger partial charge in [0.15, 0.2) is 0 Å². The van der Waals surface area contributed by atoms with Crippen molar-refractivity contribution in [2.24, 2.45) is 11.7 Å². The molecule has 124 valence electrons. The molecule has 0 aromatic heterocycles. The summed E-state index contributed by atoms with van der Waals surface area (Å²) >= 11 is 0. The molecule has 7 nitrogen and oxygen atoms in total. The van der Waals surface area contributed by atoms with Crippen molar-refractivity contribution < 1.29 is 16.8 Å². The van der Waals surface area contributed by atoms with Crippen LogP contribution in [0.1, 0.15) is 33.1 Å². The second-order valence-electron chi connectivity index (χ2n) is 5.92. The molecule has 1 rings (SSSR count). The summed E-state index contributed by atoms with van der Waals surface area (Å²) in [5.41, 5.74) is 5.31. The molecule has 3 N–H and O–H groups in total. The third-order valence-corrected chi connectivity index (χ3v) is 7.56. The van der Waals surface area contributed by atoms with Gasteiger partial charge in [0.2, 0.25) is 10.0 Å². The first kappa shape index (κ1) is 18.4. The maximum Gasteiger partial charge on any atom is 0.217 e. The Hall–Kier alpha value is -0.670. The Balaban J connectivity index is 2.85. The third-order valence-electron chi connectivity index (χ3n) is 3.48. The molecule has 0 spiro atoms. The minimum atomic E-state index is -3.55. The SMILES string of the molecule is CC(C)CN(CCC(=N)N)S(=O)(=O)C1CCS(=O)(=O)CC1. The molecule has 1 heterocycles. The van der Waals surface area contributed by atoms with Crippen LogP contribution in [0.3, 0.4) is 0 Å². The summed E-state index contributed by atoms with van der Waals surface area (Å²) in [6.45, 7) is 4.38. The number of hydrogen-bond donors (Lipinski definition) is 2. The van der Waals surface area contributed by atoms with Gasteiger partial charge in [0.1, 0.15) is 9.84 Å². The van der Waals surface area contributed by atoms with Gasteiger partial charge >= 0.3 is 0 Å². The Bertz CT molecular complexity index is 555. The van der Waals surface area contributed by atoms with Gasteiger partial charge in [-0.15, -0.1) is 0 Å². The van der Waals surface area contributed by atoms with E-state index < -0.39 is 25.1 Å². The molecule has 0 aromatic carbocycles. The summed E-state index contributed by atoms with van der Waals surface area (Å²) in [6, 6.07) is 0. The maximum absolute atomic E-state index is 12.7. The van der Waals surface area contributed by atoms with Gasteiger partial charge in [0.05, 0.1) is 22.6 Å². The van der Waals surface area contributed by atoms with Crippen LogP contribution in [0, 0.1) is 11.3 Å². The highest BCUT2D eigenvalue weighted by molar-refractivity contribution is 7.92. The van der Waals surface area contributed by atoms with E-state index in [2.05, 4.69) is 0 Å². The number of rotatable bonds is 7. The van der Waals surface area contributed by atoms with E-state index in [1.54, 1.807) is 0 Å². The summed E-state index contributed by atoms with van der Waals surface area (Å²) in [6.07, 6.45) is 0.496. The molecule has 0 atom stereocenters. The van der Waals surface area contributed by atoms with E-state index in [4.69, 9.17) is 11.1 Å². The standard InChI is InChI=1S/C12H25N3O4S2/c1-10(2)9-15(6-3-12(13)14)21(18,19)11-4-7-20(16,17)8-5-11/h10-11H,3-9H2,1-2H3,(H3,13,14). The van der Waals surface area contributed by atoms with Crippen molar-refractivity contribution >= 4 is 25.7 Å². The highest BCUT2D eigenvalue weighted by Gasteiger charge is 2.36. The molecule has 21 heavy (non-hydrogen) atoms. The number of hydrogen-bond acceptors (Lipinski definition) is 5. The second kappa shape index (κ2) is 7.06. The van der Waals surface area contributed by atoms with Crippen LogP contribution in [0.15, 0.2) is 0 Å². The average Bonchev–Trinajstić information content (AvgIpc) is 2.33. The van der Waals surface area contributed by atoms with Crippen LogP contribution in [-0.4, -0.2) is 56.8 Å². The molecule has 1 aliphatic heterocycles. The average molecular weight is 339 g/mol. The van der Waals surface area contributed by atoms with Gasteiger partial charge in [-0.2, -0.15) is 0 Å². The van der Waals surface area contributed by atoms with Crippen LogP contribution >= 0.6 is 0 Å². The van der Waals surface area contributed by atoms with Gasteiger partial charge in [-0.3, -0.25) is 5.41 Å². The maximum atomic E-state index is 12.7. The van der Waals surface area contributed by atoms with E-state index >= 15 is 0 Å². The fraction of sp³-hybridized carbons (Fsp3) is 0.917. The number of amidine groups is 1. The van der Waals surface area contributed by atoms with E-state index in [9.17, 15) is 16.8 Å². The first-order chi connectivity index (χ1) is 9.54. The van der Waals surface area contributed by atoms with Crippen molar-refractivity contribution in [1.29, 1.82) is 5.41 Å². The van der Waals surface area contributed by atoms with E-state index in [-0.39, 0.29) is 49.1 Å². The quantitative estimate of drug-likeness (QED) is 0.506. The van der Waals surface area contributed by atoms with Crippen molar-refractivity contribution in [1.82, 2.24) is 4.31 Å². The van der Waals surface area contributed by atoms with E-state index in [0.717, 1.165) is 0 Å². The van der Waals surface area contributed by atoms with Crippen molar-refractivity contribution in [3.63, 3.8) is 0 Å². The van der Waals surface area contributed by atoms with Crippen LogP contribution in [0.25, 0.3) is 0 Å². The zero-order valence-corrected chi connectivity index (χ0v) is 14.2. The fourth-order valence-corrected chi connectivity index (χ4v) is 6.25. The van der Waals surface area contributed by atoms with Gasteiger partial charge in [0, 0.05) is 19.5 Å². The summed E-state index contributed by atoms with van der Waals surface area (Å²) in [5.74, 6) is -0.0395. The summed E-state index contributed by atoms with van der Waals surface area (Å²) < 4.78 is 49.6. The molecule has 1 saturated heterocycles. The monoisotopic (exact) mass is 339 g/mol. The molecule has 1 aliphatic rings. The number of nitrogens with one attached hydrogen (secondary N) is 1. The zero-order valence-electron chi connectivity index (χ0n) is 12.6. The molecule has 0 bridgehead atoms. The Labute approximate surface area is 127 Å². The largest absolute Gasteiger partial charge is 0.388 e. The van der Waals surface area contributed by atoms with E-state index in [1.807, 2.05) is 13.8 Å². The van der Waals surface area contributed by atoms with Gasteiger partial charge in [0.25, 0.3) is 0 Å². The molecule has 0 aliphatic carbocycles. The predicted molar refractivity (Wildman–Crippen MR) is 83.5 cm³/mol. The number of sulfonamides is 1. The van der Waals surface area contributed by atoms with Crippen LogP contribution in [0.4, 0.5) is 0 Å². The molecule has 0 unspecified atom stereocenters. The van der Waals surface area contributed by atoms with Crippen LogP contribution in [0.5, 0.6) is 0 Å². The minimum Gasteiger partial charge on any atom is -0.388 e. The molecular weight excluding hydrogens is 314 g/mol. The minimum absolute atomic E-state index is 0.0508. The topological polar surface area (TPSA) is 121 Å². The van der Waals surface area contributed by atoms with Crippen molar-refractivity contribution in [3.8, 4) is 0 Å². The number of sulfone groups is 1. The van der Waals surface area contributed by atoms with Gasteiger partial charge < -0.3 is 5.73 Å². The second-order valence-corrected chi connectivity index (χ2v) is 10.4. The normalized spacial score (nSPS) is 20.0. The third kappa shape index (κ3) is 5.55. The van der Waals surface area contributed by atoms with Crippen LogP contribution in [0.2, 0.25) is 0 Å². The van der Waals surface area contributed by atoms with Crippen LogP contribution < -0.4 is 5.73 Å². The predicted octanol–water partition coefficient (Wildman–Crippen LogP) is 0.177. The lowest BCUT2D eigenvalue weighted by atomic mass is 10.2. The van der Waals surface area contributed by atoms with E-state index in [0.29, 0.717) is 6.54 Å². The van der Waals surface area contributed by atoms with Gasteiger partial charge in [-0.05, 0) is 18.8 Å². The molecule has 0 saturated carbocycles. The Morgan fingerprint density at radius 2 is 1.86 bits per heavy atom. The molecule has 0 amide bonds. The Morgan fingerprint density at radius 3 is 2.29 bits per heavy atom. The van der Waals surface area contributed by atoms with E-state index in [1.165, 1.54) is 4.31 Å². The lowest BCUT2D eigenvalue weighted by Crippen LogP contribution is -2.45. The van der Waals surface area contributed by atoms with Crippen molar-refractivity contribution in [2.75, 3.05) is 24.6 Å². The van der Waals surface area contributed by atoms with Gasteiger partial charge in [-0.25, -0.2) is 21.1 Å². The lowest BCUT2D eigenvalue weighted by molar-refractivity contribution is 0.366. The molecule has 0 radical (unpaired) electrons. The number of nitrogens with two attached hydrogens (primary N) is 1. The summed E-state index contributed by atoms with van der Waals surface area (Å²) in [4.78, 5) is 0.